The molecule has 5 heteroatoms. The highest BCUT2D eigenvalue weighted by atomic mass is 16.1. The fourth-order valence-corrected chi connectivity index (χ4v) is 1.93. The molecule has 1 aromatic carbocycles. The first-order valence-electron chi connectivity index (χ1n) is 6.63. The lowest BCUT2D eigenvalue weighted by molar-refractivity contribution is 0.0956. The van der Waals surface area contributed by atoms with Crippen LogP contribution in [0.2, 0.25) is 0 Å². The summed E-state index contributed by atoms with van der Waals surface area (Å²) in [5.74, 6) is -0.0574. The Labute approximate surface area is 115 Å². The van der Waals surface area contributed by atoms with Gasteiger partial charge >= 0.3 is 0 Å². The molecule has 0 aromatic heterocycles. The van der Waals surface area contributed by atoms with E-state index in [4.69, 9.17) is 5.73 Å². The van der Waals surface area contributed by atoms with E-state index in [1.54, 1.807) is 12.1 Å². The zero-order valence-corrected chi connectivity index (χ0v) is 12.0. The van der Waals surface area contributed by atoms with E-state index in [9.17, 15) is 4.79 Å². The number of nitrogen functional groups attached to an aromatic ring is 1. The van der Waals surface area contributed by atoms with Crippen molar-refractivity contribution in [3.8, 4) is 0 Å². The van der Waals surface area contributed by atoms with Crippen molar-refractivity contribution in [2.45, 2.75) is 13.3 Å². The summed E-state index contributed by atoms with van der Waals surface area (Å²) in [5.41, 5.74) is 8.04. The first kappa shape index (κ1) is 15.3. The molecule has 0 fully saturated rings. The van der Waals surface area contributed by atoms with Gasteiger partial charge in [-0.15, -0.1) is 0 Å². The molecule has 0 saturated carbocycles. The second-order valence-electron chi connectivity index (χ2n) is 4.51. The molecule has 0 heterocycles. The Morgan fingerprint density at radius 3 is 2.79 bits per heavy atom. The second kappa shape index (κ2) is 7.63. The van der Waals surface area contributed by atoms with E-state index in [2.05, 4.69) is 15.5 Å². The molecular weight excluding hydrogens is 240 g/mol. The molecule has 0 unspecified atom stereocenters. The van der Waals surface area contributed by atoms with Gasteiger partial charge in [0, 0.05) is 25.8 Å². The number of nitrogens with one attached hydrogen (secondary N) is 2. The van der Waals surface area contributed by atoms with Crippen LogP contribution in [0.4, 0.5) is 11.4 Å². The monoisotopic (exact) mass is 264 g/mol. The van der Waals surface area contributed by atoms with Gasteiger partial charge in [-0.05, 0) is 45.1 Å². The summed E-state index contributed by atoms with van der Waals surface area (Å²) in [5, 5.41) is 5.94. The molecule has 0 aliphatic rings. The molecule has 0 spiro atoms. The fraction of sp³-hybridized carbons (Fsp3) is 0.500. The van der Waals surface area contributed by atoms with Crippen LogP contribution in [0.15, 0.2) is 18.2 Å². The molecule has 1 aromatic rings. The summed E-state index contributed by atoms with van der Waals surface area (Å²) in [7, 11) is 3.91. The zero-order valence-electron chi connectivity index (χ0n) is 12.0. The van der Waals surface area contributed by atoms with Crippen molar-refractivity contribution >= 4 is 17.3 Å². The number of rotatable bonds is 7. The molecule has 0 aliphatic carbocycles. The number of carbonyl (C=O) groups is 1. The number of hydrogen-bond donors (Lipinski definition) is 3. The van der Waals surface area contributed by atoms with Gasteiger partial charge in [-0.25, -0.2) is 0 Å². The van der Waals surface area contributed by atoms with E-state index in [1.807, 2.05) is 27.1 Å². The van der Waals surface area contributed by atoms with Crippen molar-refractivity contribution in [3.63, 3.8) is 0 Å². The SMILES string of the molecule is CCNC(=O)c1ccc(N)cc1N(C)CCCNC. The standard InChI is InChI=1S/C14H24N4O/c1-4-17-14(19)12-7-6-11(15)10-13(12)18(3)9-5-8-16-2/h6-7,10,16H,4-5,8-9,15H2,1-3H3,(H,17,19). The van der Waals surface area contributed by atoms with Gasteiger partial charge in [0.2, 0.25) is 0 Å². The number of hydrogen-bond acceptors (Lipinski definition) is 4. The van der Waals surface area contributed by atoms with Crippen LogP contribution >= 0.6 is 0 Å². The molecule has 0 aliphatic heterocycles. The van der Waals surface area contributed by atoms with Crippen LogP contribution in [-0.2, 0) is 0 Å². The molecule has 4 N–H and O–H groups in total. The smallest absolute Gasteiger partial charge is 0.253 e. The van der Waals surface area contributed by atoms with Crippen molar-refractivity contribution in [2.24, 2.45) is 0 Å². The Bertz CT molecular complexity index is 420. The van der Waals surface area contributed by atoms with E-state index in [0.29, 0.717) is 17.8 Å². The van der Waals surface area contributed by atoms with Gasteiger partial charge in [-0.2, -0.15) is 0 Å². The quantitative estimate of drug-likeness (QED) is 0.509. The number of nitrogens with two attached hydrogens (primary N) is 1. The minimum Gasteiger partial charge on any atom is -0.399 e. The van der Waals surface area contributed by atoms with E-state index in [0.717, 1.165) is 25.2 Å². The van der Waals surface area contributed by atoms with Gasteiger partial charge in [-0.1, -0.05) is 0 Å². The Kier molecular flexibility index (Phi) is 6.15. The average Bonchev–Trinajstić information content (AvgIpc) is 2.39. The summed E-state index contributed by atoms with van der Waals surface area (Å²) in [6.45, 7) is 4.34. The summed E-state index contributed by atoms with van der Waals surface area (Å²) in [6, 6.07) is 5.39. The van der Waals surface area contributed by atoms with Gasteiger partial charge in [0.25, 0.3) is 5.91 Å². The Morgan fingerprint density at radius 2 is 2.16 bits per heavy atom. The highest BCUT2D eigenvalue weighted by Gasteiger charge is 2.13. The predicted molar refractivity (Wildman–Crippen MR) is 80.7 cm³/mol. The van der Waals surface area contributed by atoms with Crippen LogP contribution in [0.3, 0.4) is 0 Å². The van der Waals surface area contributed by atoms with E-state index in [1.165, 1.54) is 0 Å². The van der Waals surface area contributed by atoms with Crippen molar-refractivity contribution in [2.75, 3.05) is 44.4 Å². The molecule has 0 saturated heterocycles. The van der Waals surface area contributed by atoms with Gasteiger partial charge in [0.05, 0.1) is 11.3 Å². The topological polar surface area (TPSA) is 70.4 Å². The van der Waals surface area contributed by atoms with Crippen molar-refractivity contribution in [3.05, 3.63) is 23.8 Å². The normalized spacial score (nSPS) is 10.3. The van der Waals surface area contributed by atoms with Crippen LogP contribution in [0.25, 0.3) is 0 Å². The number of carbonyl (C=O) groups excluding carboxylic acids is 1. The molecule has 5 nitrogen and oxygen atoms in total. The Morgan fingerprint density at radius 1 is 1.42 bits per heavy atom. The molecule has 1 amide bonds. The van der Waals surface area contributed by atoms with Crippen LogP contribution in [-0.4, -0.2) is 39.6 Å². The third-order valence-electron chi connectivity index (χ3n) is 2.94. The lowest BCUT2D eigenvalue weighted by atomic mass is 10.1. The highest BCUT2D eigenvalue weighted by Crippen LogP contribution is 2.22. The van der Waals surface area contributed by atoms with Crippen LogP contribution < -0.4 is 21.3 Å². The number of amides is 1. The van der Waals surface area contributed by atoms with Gasteiger partial charge in [0.1, 0.15) is 0 Å². The molecule has 1 rings (SSSR count). The maximum atomic E-state index is 12.0. The predicted octanol–water partition coefficient (Wildman–Crippen LogP) is 1.06. The first-order valence-corrected chi connectivity index (χ1v) is 6.63. The van der Waals surface area contributed by atoms with Crippen LogP contribution in [0.1, 0.15) is 23.7 Å². The van der Waals surface area contributed by atoms with Gasteiger partial charge in [0.15, 0.2) is 0 Å². The van der Waals surface area contributed by atoms with Crippen molar-refractivity contribution in [1.82, 2.24) is 10.6 Å². The summed E-state index contributed by atoms with van der Waals surface area (Å²) < 4.78 is 0. The highest BCUT2D eigenvalue weighted by molar-refractivity contribution is 6.00. The lowest BCUT2D eigenvalue weighted by Gasteiger charge is -2.22. The minimum absolute atomic E-state index is 0.0574. The molecule has 106 valence electrons. The summed E-state index contributed by atoms with van der Waals surface area (Å²) in [6.07, 6.45) is 1.01. The zero-order chi connectivity index (χ0) is 14.3. The minimum atomic E-state index is -0.0574. The van der Waals surface area contributed by atoms with E-state index >= 15 is 0 Å². The van der Waals surface area contributed by atoms with E-state index in [-0.39, 0.29) is 5.91 Å². The molecule has 0 atom stereocenters. The Balaban J connectivity index is 2.89. The lowest BCUT2D eigenvalue weighted by Crippen LogP contribution is -2.28. The number of anilines is 2. The van der Waals surface area contributed by atoms with Crippen molar-refractivity contribution in [1.29, 1.82) is 0 Å². The van der Waals surface area contributed by atoms with Gasteiger partial charge in [-0.3, -0.25) is 4.79 Å². The Hall–Kier alpha value is -1.75. The maximum absolute atomic E-state index is 12.0. The van der Waals surface area contributed by atoms with Crippen LogP contribution in [0, 0.1) is 0 Å². The average molecular weight is 264 g/mol. The molecule has 0 radical (unpaired) electrons. The van der Waals surface area contributed by atoms with E-state index < -0.39 is 0 Å². The second-order valence-corrected chi connectivity index (χ2v) is 4.51. The fourth-order valence-electron chi connectivity index (χ4n) is 1.93. The maximum Gasteiger partial charge on any atom is 0.253 e. The number of benzene rings is 1. The number of nitrogens with zero attached hydrogens (tertiary/aromatic N) is 1. The molecular formula is C14H24N4O. The largest absolute Gasteiger partial charge is 0.399 e. The summed E-state index contributed by atoms with van der Waals surface area (Å²) in [4.78, 5) is 14.1. The summed E-state index contributed by atoms with van der Waals surface area (Å²) >= 11 is 0. The third kappa shape index (κ3) is 4.44. The molecule has 0 bridgehead atoms. The van der Waals surface area contributed by atoms with Gasteiger partial charge < -0.3 is 21.3 Å². The third-order valence-corrected chi connectivity index (χ3v) is 2.94. The molecule has 19 heavy (non-hydrogen) atoms. The van der Waals surface area contributed by atoms with Crippen LogP contribution in [0.5, 0.6) is 0 Å². The first-order chi connectivity index (χ1) is 9.10. The van der Waals surface area contributed by atoms with Crippen molar-refractivity contribution < 1.29 is 4.79 Å².